The van der Waals surface area contributed by atoms with Gasteiger partial charge in [0, 0.05) is 24.3 Å². The third-order valence-corrected chi connectivity index (χ3v) is 6.83. The maximum Gasteiger partial charge on any atom is 0.412 e. The number of nitrogens with zero attached hydrogens (tertiary/aromatic N) is 1. The molecule has 0 radical (unpaired) electrons. The zero-order chi connectivity index (χ0) is 24.2. The number of methoxy groups -OCH3 is 1. The molecule has 1 heterocycles. The Morgan fingerprint density at radius 3 is 2.18 bits per heavy atom. The lowest BCUT2D eigenvalue weighted by Crippen LogP contribution is -2.27. The summed E-state index contributed by atoms with van der Waals surface area (Å²) in [6, 6.07) is 10.6. The van der Waals surface area contributed by atoms with E-state index in [-0.39, 0.29) is 4.90 Å². The molecule has 1 fully saturated rings. The van der Waals surface area contributed by atoms with Crippen molar-refractivity contribution in [2.24, 2.45) is 0 Å². The van der Waals surface area contributed by atoms with Gasteiger partial charge in [0.25, 0.3) is 5.91 Å². The highest BCUT2D eigenvalue weighted by Gasteiger charge is 2.27. The number of benzene rings is 2. The molecule has 0 spiro atoms. The number of carbonyl (C=O) groups excluding carboxylic acids is 2. The summed E-state index contributed by atoms with van der Waals surface area (Å²) in [6.45, 7) is 6.29. The molecular weight excluding hydrogens is 446 g/mol. The van der Waals surface area contributed by atoms with Crippen molar-refractivity contribution in [3.8, 4) is 5.75 Å². The van der Waals surface area contributed by atoms with Gasteiger partial charge in [-0.2, -0.15) is 4.31 Å². The molecule has 0 saturated carbocycles. The number of ether oxygens (including phenoxy) is 2. The molecule has 0 bridgehead atoms. The first-order chi connectivity index (χ1) is 15.5. The SMILES string of the molecule is COc1ccc(NC(=O)c2ccc(S(=O)(=O)N3CCCC3)cc2)cc1NC(=O)OC(C)(C)C. The van der Waals surface area contributed by atoms with Crippen LogP contribution in [0.15, 0.2) is 47.4 Å². The van der Waals surface area contributed by atoms with E-state index in [4.69, 9.17) is 9.47 Å². The van der Waals surface area contributed by atoms with Crippen molar-refractivity contribution in [3.63, 3.8) is 0 Å². The van der Waals surface area contributed by atoms with Gasteiger partial charge in [-0.3, -0.25) is 10.1 Å². The number of carbonyl (C=O) groups is 2. The maximum atomic E-state index is 12.7. The Balaban J connectivity index is 1.72. The molecule has 3 rings (SSSR count). The Labute approximate surface area is 194 Å². The summed E-state index contributed by atoms with van der Waals surface area (Å²) in [5.74, 6) is -0.0242. The van der Waals surface area contributed by atoms with E-state index in [2.05, 4.69) is 10.6 Å². The molecule has 33 heavy (non-hydrogen) atoms. The second-order valence-electron chi connectivity index (χ2n) is 8.63. The van der Waals surface area contributed by atoms with Gasteiger partial charge in [-0.1, -0.05) is 0 Å². The Kier molecular flexibility index (Phi) is 7.28. The van der Waals surface area contributed by atoms with Gasteiger partial charge in [-0.25, -0.2) is 13.2 Å². The fourth-order valence-corrected chi connectivity index (χ4v) is 4.87. The number of sulfonamides is 1. The van der Waals surface area contributed by atoms with E-state index >= 15 is 0 Å². The molecule has 1 aliphatic rings. The number of nitrogens with one attached hydrogen (secondary N) is 2. The van der Waals surface area contributed by atoms with Crippen LogP contribution in [0.2, 0.25) is 0 Å². The van der Waals surface area contributed by atoms with Gasteiger partial charge in [0.15, 0.2) is 0 Å². The van der Waals surface area contributed by atoms with Gasteiger partial charge in [0.2, 0.25) is 10.0 Å². The van der Waals surface area contributed by atoms with Gasteiger partial charge >= 0.3 is 6.09 Å². The minimum absolute atomic E-state index is 0.161. The Morgan fingerprint density at radius 2 is 1.61 bits per heavy atom. The van der Waals surface area contributed by atoms with Gasteiger partial charge in [0.1, 0.15) is 11.4 Å². The van der Waals surface area contributed by atoms with Gasteiger partial charge < -0.3 is 14.8 Å². The van der Waals surface area contributed by atoms with Crippen LogP contribution in [-0.4, -0.2) is 50.5 Å². The molecule has 0 unspecified atom stereocenters. The van der Waals surface area contributed by atoms with Crippen LogP contribution in [0, 0.1) is 0 Å². The summed E-state index contributed by atoms with van der Waals surface area (Å²) < 4.78 is 37.3. The van der Waals surface area contributed by atoms with Crippen molar-refractivity contribution in [2.45, 2.75) is 44.1 Å². The molecule has 2 aromatic rings. The molecule has 2 N–H and O–H groups in total. The highest BCUT2D eigenvalue weighted by Crippen LogP contribution is 2.29. The number of amides is 2. The highest BCUT2D eigenvalue weighted by atomic mass is 32.2. The van der Waals surface area contributed by atoms with E-state index in [0.717, 1.165) is 12.8 Å². The maximum absolute atomic E-state index is 12.7. The third kappa shape index (κ3) is 6.23. The lowest BCUT2D eigenvalue weighted by atomic mass is 10.2. The zero-order valence-corrected chi connectivity index (χ0v) is 20.0. The molecule has 2 aromatic carbocycles. The van der Waals surface area contributed by atoms with Gasteiger partial charge in [0.05, 0.1) is 17.7 Å². The molecule has 1 saturated heterocycles. The van der Waals surface area contributed by atoms with Crippen molar-refractivity contribution in [1.82, 2.24) is 4.31 Å². The average molecular weight is 476 g/mol. The summed E-state index contributed by atoms with van der Waals surface area (Å²) in [4.78, 5) is 25.0. The van der Waals surface area contributed by atoms with Gasteiger partial charge in [-0.15, -0.1) is 0 Å². The van der Waals surface area contributed by atoms with Crippen molar-refractivity contribution in [3.05, 3.63) is 48.0 Å². The smallest absolute Gasteiger partial charge is 0.412 e. The average Bonchev–Trinajstić information content (AvgIpc) is 3.28. The molecule has 10 heteroatoms. The molecular formula is C23H29N3O6S. The summed E-state index contributed by atoms with van der Waals surface area (Å²) in [7, 11) is -2.08. The van der Waals surface area contributed by atoms with Crippen LogP contribution in [0.3, 0.4) is 0 Å². The van der Waals surface area contributed by atoms with E-state index in [1.807, 2.05) is 0 Å². The topological polar surface area (TPSA) is 114 Å². The number of rotatable bonds is 6. The molecule has 0 aromatic heterocycles. The van der Waals surface area contributed by atoms with Crippen molar-refractivity contribution in [2.75, 3.05) is 30.8 Å². The Bertz CT molecular complexity index is 1120. The normalized spacial score (nSPS) is 14.5. The van der Waals surface area contributed by atoms with Crippen LogP contribution in [0.1, 0.15) is 44.0 Å². The first-order valence-electron chi connectivity index (χ1n) is 10.6. The minimum atomic E-state index is -3.54. The second kappa shape index (κ2) is 9.80. The predicted molar refractivity (Wildman–Crippen MR) is 125 cm³/mol. The van der Waals surface area contributed by atoms with Crippen LogP contribution < -0.4 is 15.4 Å². The molecule has 2 amide bonds. The van der Waals surface area contributed by atoms with Crippen LogP contribution in [-0.2, 0) is 14.8 Å². The molecule has 178 valence electrons. The standard InChI is InChI=1S/C23H29N3O6S/c1-23(2,3)32-22(28)25-19-15-17(9-12-20(19)31-4)24-21(27)16-7-10-18(11-8-16)33(29,30)26-13-5-6-14-26/h7-12,15H,5-6,13-14H2,1-4H3,(H,24,27)(H,25,28). The molecule has 0 aliphatic carbocycles. The third-order valence-electron chi connectivity index (χ3n) is 4.91. The lowest BCUT2D eigenvalue weighted by molar-refractivity contribution is 0.0635. The lowest BCUT2D eigenvalue weighted by Gasteiger charge is -2.20. The van der Waals surface area contributed by atoms with Crippen LogP contribution >= 0.6 is 0 Å². The molecule has 1 aliphatic heterocycles. The first-order valence-corrected chi connectivity index (χ1v) is 12.0. The molecule has 9 nitrogen and oxygen atoms in total. The van der Waals surface area contributed by atoms with E-state index in [1.54, 1.807) is 39.0 Å². The summed E-state index contributed by atoms with van der Waals surface area (Å²) >= 11 is 0. The van der Waals surface area contributed by atoms with E-state index in [9.17, 15) is 18.0 Å². The van der Waals surface area contributed by atoms with Crippen LogP contribution in [0.4, 0.5) is 16.2 Å². The zero-order valence-electron chi connectivity index (χ0n) is 19.2. The summed E-state index contributed by atoms with van der Waals surface area (Å²) in [6.07, 6.45) is 1.05. The van der Waals surface area contributed by atoms with Gasteiger partial charge in [-0.05, 0) is 76.1 Å². The van der Waals surface area contributed by atoms with Crippen molar-refractivity contribution >= 4 is 33.4 Å². The number of hydrogen-bond donors (Lipinski definition) is 2. The molecule has 0 atom stereocenters. The van der Waals surface area contributed by atoms with Crippen molar-refractivity contribution < 1.29 is 27.5 Å². The number of hydrogen-bond acceptors (Lipinski definition) is 6. The summed E-state index contributed by atoms with van der Waals surface area (Å²) in [5, 5.41) is 5.35. The van der Waals surface area contributed by atoms with E-state index in [1.165, 1.54) is 35.7 Å². The van der Waals surface area contributed by atoms with E-state index < -0.39 is 27.6 Å². The first kappa shape index (κ1) is 24.5. The summed E-state index contributed by atoms with van der Waals surface area (Å²) in [5.41, 5.74) is 0.377. The fourth-order valence-electron chi connectivity index (χ4n) is 3.36. The highest BCUT2D eigenvalue weighted by molar-refractivity contribution is 7.89. The Morgan fingerprint density at radius 1 is 0.970 bits per heavy atom. The number of anilines is 2. The second-order valence-corrected chi connectivity index (χ2v) is 10.6. The quantitative estimate of drug-likeness (QED) is 0.651. The fraction of sp³-hybridized carbons (Fsp3) is 0.391. The predicted octanol–water partition coefficient (Wildman–Crippen LogP) is 4.08. The largest absolute Gasteiger partial charge is 0.495 e. The monoisotopic (exact) mass is 475 g/mol. The minimum Gasteiger partial charge on any atom is -0.495 e. The Hall–Kier alpha value is -3.11. The van der Waals surface area contributed by atoms with Crippen LogP contribution in [0.25, 0.3) is 0 Å². The van der Waals surface area contributed by atoms with Crippen molar-refractivity contribution in [1.29, 1.82) is 0 Å². The van der Waals surface area contributed by atoms with E-state index in [0.29, 0.717) is 35.8 Å². The van der Waals surface area contributed by atoms with Crippen LogP contribution in [0.5, 0.6) is 5.75 Å².